The number of benzene rings is 2. The number of carboxylic acid groups (broad SMARTS) is 2. The van der Waals surface area contributed by atoms with Crippen molar-refractivity contribution < 1.29 is 24.5 Å². The number of hydrogen-bond donors (Lipinski definition) is 2. The fourth-order valence-corrected chi connectivity index (χ4v) is 5.36. The van der Waals surface area contributed by atoms with Gasteiger partial charge in [-0.2, -0.15) is 15.5 Å². The van der Waals surface area contributed by atoms with E-state index in [1.54, 1.807) is 24.3 Å². The van der Waals surface area contributed by atoms with E-state index in [1.807, 2.05) is 24.3 Å². The van der Waals surface area contributed by atoms with Crippen molar-refractivity contribution in [1.29, 1.82) is 5.26 Å². The molecule has 2 aromatic rings. The lowest BCUT2D eigenvalue weighted by Crippen LogP contribution is -2.35. The molecule has 8 nitrogen and oxygen atoms in total. The molecule has 1 fully saturated rings. The SMILES string of the molecule is N#Cc1ccc(N=Nc2ccc(OCCCCCCC3(C(=O)O)CCCC3CCCCC(=O)O)cc2)cc1. The third-order valence-electron chi connectivity index (χ3n) is 7.48. The van der Waals surface area contributed by atoms with Gasteiger partial charge in [-0.05, 0) is 93.0 Å². The molecule has 8 heteroatoms. The van der Waals surface area contributed by atoms with Crippen molar-refractivity contribution in [1.82, 2.24) is 0 Å². The van der Waals surface area contributed by atoms with Crippen molar-refractivity contribution >= 4 is 23.3 Å². The van der Waals surface area contributed by atoms with E-state index in [9.17, 15) is 14.7 Å². The first-order chi connectivity index (χ1) is 18.4. The molecule has 0 aliphatic heterocycles. The van der Waals surface area contributed by atoms with Crippen LogP contribution < -0.4 is 4.74 Å². The van der Waals surface area contributed by atoms with Gasteiger partial charge in [0.15, 0.2) is 0 Å². The van der Waals surface area contributed by atoms with Gasteiger partial charge in [0.2, 0.25) is 0 Å². The number of carbonyl (C=O) groups is 2. The summed E-state index contributed by atoms with van der Waals surface area (Å²) in [7, 11) is 0. The molecule has 0 spiro atoms. The van der Waals surface area contributed by atoms with E-state index >= 15 is 0 Å². The number of unbranched alkanes of at least 4 members (excludes halogenated alkanes) is 4. The minimum Gasteiger partial charge on any atom is -0.494 e. The van der Waals surface area contributed by atoms with Gasteiger partial charge in [0.25, 0.3) is 0 Å². The Labute approximate surface area is 224 Å². The van der Waals surface area contributed by atoms with Gasteiger partial charge in [-0.1, -0.05) is 32.1 Å². The first-order valence-corrected chi connectivity index (χ1v) is 13.5. The average molecular weight is 520 g/mol. The van der Waals surface area contributed by atoms with Crippen LogP contribution in [0, 0.1) is 22.7 Å². The summed E-state index contributed by atoms with van der Waals surface area (Å²) in [4.78, 5) is 23.0. The third kappa shape index (κ3) is 8.69. The number of aliphatic carboxylic acids is 2. The maximum atomic E-state index is 12.2. The zero-order valence-electron chi connectivity index (χ0n) is 21.8. The second kappa shape index (κ2) is 14.9. The molecule has 2 unspecified atom stereocenters. The topological polar surface area (TPSA) is 132 Å². The third-order valence-corrected chi connectivity index (χ3v) is 7.48. The number of azo groups is 1. The number of nitrogens with zero attached hydrogens (tertiary/aromatic N) is 3. The predicted molar refractivity (Wildman–Crippen MR) is 144 cm³/mol. The Morgan fingerprint density at radius 1 is 0.921 bits per heavy atom. The van der Waals surface area contributed by atoms with Gasteiger partial charge in [0.05, 0.1) is 35.0 Å². The van der Waals surface area contributed by atoms with Crippen LogP contribution in [0.2, 0.25) is 0 Å². The van der Waals surface area contributed by atoms with E-state index < -0.39 is 17.4 Å². The van der Waals surface area contributed by atoms with E-state index in [0.717, 1.165) is 63.5 Å². The zero-order valence-corrected chi connectivity index (χ0v) is 21.8. The highest BCUT2D eigenvalue weighted by Gasteiger charge is 2.47. The number of hydrogen-bond acceptors (Lipinski definition) is 6. The van der Waals surface area contributed by atoms with Gasteiger partial charge in [-0.25, -0.2) is 0 Å². The van der Waals surface area contributed by atoms with Crippen LogP contribution >= 0.6 is 0 Å². The first-order valence-electron chi connectivity index (χ1n) is 13.5. The molecule has 0 heterocycles. The van der Waals surface area contributed by atoms with Crippen molar-refractivity contribution in [2.45, 2.75) is 77.0 Å². The molecule has 0 aromatic heterocycles. The van der Waals surface area contributed by atoms with Gasteiger partial charge in [0, 0.05) is 6.42 Å². The van der Waals surface area contributed by atoms with Crippen LogP contribution in [0.3, 0.4) is 0 Å². The van der Waals surface area contributed by atoms with Crippen molar-refractivity contribution in [2.75, 3.05) is 6.61 Å². The van der Waals surface area contributed by atoms with Gasteiger partial charge < -0.3 is 14.9 Å². The van der Waals surface area contributed by atoms with Crippen LogP contribution in [-0.4, -0.2) is 28.8 Å². The molecule has 2 atom stereocenters. The summed E-state index contributed by atoms with van der Waals surface area (Å²) in [5.74, 6) is -0.543. The quantitative estimate of drug-likeness (QED) is 0.172. The van der Waals surface area contributed by atoms with Crippen LogP contribution in [-0.2, 0) is 9.59 Å². The Hall–Kier alpha value is -3.73. The molecule has 38 heavy (non-hydrogen) atoms. The second-order valence-corrected chi connectivity index (χ2v) is 10.1. The largest absolute Gasteiger partial charge is 0.494 e. The summed E-state index contributed by atoms with van der Waals surface area (Å²) < 4.78 is 5.84. The maximum Gasteiger partial charge on any atom is 0.309 e. The Kier molecular flexibility index (Phi) is 11.3. The van der Waals surface area contributed by atoms with E-state index in [-0.39, 0.29) is 12.3 Å². The summed E-state index contributed by atoms with van der Waals surface area (Å²) in [6.07, 6.45) is 9.42. The standard InChI is InChI=1S/C30H37N3O5/c31-22-23-11-13-25(14-12-23)32-33-26-15-17-27(18-16-26)38-21-6-2-1-5-19-30(29(36)37)20-7-9-24(30)8-3-4-10-28(34)35/h11-18,24H,1-10,19-21H2,(H,34,35)(H,36,37). The summed E-state index contributed by atoms with van der Waals surface area (Å²) >= 11 is 0. The molecule has 1 saturated carbocycles. The fourth-order valence-electron chi connectivity index (χ4n) is 5.36. The molecule has 0 bridgehead atoms. The first kappa shape index (κ1) is 28.8. The van der Waals surface area contributed by atoms with Crippen molar-refractivity contribution in [3.8, 4) is 11.8 Å². The van der Waals surface area contributed by atoms with Crippen molar-refractivity contribution in [2.24, 2.45) is 21.6 Å². The molecule has 202 valence electrons. The van der Waals surface area contributed by atoms with Crippen molar-refractivity contribution in [3.05, 3.63) is 54.1 Å². The second-order valence-electron chi connectivity index (χ2n) is 10.1. The average Bonchev–Trinajstić information content (AvgIpc) is 3.34. The molecule has 2 aromatic carbocycles. The van der Waals surface area contributed by atoms with Crippen LogP contribution in [0.1, 0.15) is 82.6 Å². The van der Waals surface area contributed by atoms with Gasteiger partial charge in [-0.3, -0.25) is 9.59 Å². The van der Waals surface area contributed by atoms with Crippen LogP contribution in [0.5, 0.6) is 5.75 Å². The highest BCUT2D eigenvalue weighted by atomic mass is 16.5. The van der Waals surface area contributed by atoms with Crippen LogP contribution in [0.25, 0.3) is 0 Å². The Bertz CT molecular complexity index is 1110. The van der Waals surface area contributed by atoms with E-state index in [1.165, 1.54) is 0 Å². The highest BCUT2D eigenvalue weighted by molar-refractivity contribution is 5.75. The minimum absolute atomic E-state index is 0.156. The summed E-state index contributed by atoms with van der Waals surface area (Å²) in [5.41, 5.74) is 1.33. The normalized spacial score (nSPS) is 18.9. The Morgan fingerprint density at radius 2 is 1.58 bits per heavy atom. The Morgan fingerprint density at radius 3 is 2.21 bits per heavy atom. The van der Waals surface area contributed by atoms with Gasteiger partial charge in [0.1, 0.15) is 5.75 Å². The number of ether oxygens (including phenoxy) is 1. The summed E-state index contributed by atoms with van der Waals surface area (Å²) in [6.45, 7) is 0.600. The monoisotopic (exact) mass is 519 g/mol. The molecule has 0 saturated heterocycles. The number of carboxylic acids is 2. The lowest BCUT2D eigenvalue weighted by molar-refractivity contribution is -0.152. The van der Waals surface area contributed by atoms with Gasteiger partial charge in [-0.15, -0.1) is 0 Å². The Balaban J connectivity index is 1.34. The molecule has 0 amide bonds. The van der Waals surface area contributed by atoms with E-state index in [4.69, 9.17) is 15.1 Å². The summed E-state index contributed by atoms with van der Waals surface area (Å²) in [6, 6.07) is 16.4. The van der Waals surface area contributed by atoms with Crippen LogP contribution in [0.4, 0.5) is 11.4 Å². The smallest absolute Gasteiger partial charge is 0.309 e. The molecule has 1 aliphatic rings. The maximum absolute atomic E-state index is 12.2. The van der Waals surface area contributed by atoms with E-state index in [0.29, 0.717) is 36.4 Å². The lowest BCUT2D eigenvalue weighted by Gasteiger charge is -2.31. The van der Waals surface area contributed by atoms with Gasteiger partial charge >= 0.3 is 11.9 Å². The van der Waals surface area contributed by atoms with Crippen LogP contribution in [0.15, 0.2) is 58.8 Å². The number of nitriles is 1. The predicted octanol–water partition coefficient (Wildman–Crippen LogP) is 7.82. The molecule has 0 radical (unpaired) electrons. The number of rotatable bonds is 16. The molecular formula is C30H37N3O5. The fraction of sp³-hybridized carbons (Fsp3) is 0.500. The molecule has 3 rings (SSSR count). The zero-order chi connectivity index (χ0) is 27.2. The van der Waals surface area contributed by atoms with E-state index in [2.05, 4.69) is 16.3 Å². The minimum atomic E-state index is -0.788. The lowest BCUT2D eigenvalue weighted by atomic mass is 9.72. The molecule has 1 aliphatic carbocycles. The molecular weight excluding hydrogens is 482 g/mol. The van der Waals surface area contributed by atoms with Crippen molar-refractivity contribution in [3.63, 3.8) is 0 Å². The molecule has 2 N–H and O–H groups in total. The highest BCUT2D eigenvalue weighted by Crippen LogP contribution is 2.49. The summed E-state index contributed by atoms with van der Waals surface area (Å²) in [5, 5.41) is 36.1.